The average Bonchev–Trinajstić information content (AvgIpc) is 3.82. The molecule has 1 aliphatic carbocycles. The topological polar surface area (TPSA) is 185 Å². The minimum absolute atomic E-state index is 0.185. The molecule has 2 aliphatic heterocycles. The average molecular weight is 584 g/mol. The summed E-state index contributed by atoms with van der Waals surface area (Å²) in [5, 5.41) is 22.7. The lowest BCUT2D eigenvalue weighted by atomic mass is 9.87. The summed E-state index contributed by atoms with van der Waals surface area (Å²) in [5.41, 5.74) is 1.02. The minimum Gasteiger partial charge on any atom is -0.457 e. The molecule has 0 unspecified atom stereocenters. The van der Waals surface area contributed by atoms with Gasteiger partial charge in [0.25, 0.3) is 12.9 Å². The van der Waals surface area contributed by atoms with Crippen LogP contribution in [0.5, 0.6) is 0 Å². The highest BCUT2D eigenvalue weighted by Gasteiger charge is 2.52. The molecule has 6 rings (SSSR count). The van der Waals surface area contributed by atoms with Crippen molar-refractivity contribution in [3.05, 3.63) is 12.2 Å². The second kappa shape index (κ2) is 12.9. The number of rotatable bonds is 13. The van der Waals surface area contributed by atoms with Crippen molar-refractivity contribution in [1.82, 2.24) is 45.0 Å². The third-order valence-electron chi connectivity index (χ3n) is 8.28. The van der Waals surface area contributed by atoms with Crippen molar-refractivity contribution in [3.8, 4) is 0 Å². The van der Waals surface area contributed by atoms with Crippen LogP contribution in [0.15, 0.2) is 6.33 Å². The highest BCUT2D eigenvalue weighted by molar-refractivity contribution is 5.84. The van der Waals surface area contributed by atoms with Gasteiger partial charge in [0, 0.05) is 19.1 Å². The highest BCUT2D eigenvalue weighted by atomic mass is 16.6. The zero-order chi connectivity index (χ0) is 28.9. The van der Waals surface area contributed by atoms with E-state index in [1.54, 1.807) is 10.9 Å². The van der Waals surface area contributed by atoms with Crippen LogP contribution in [0, 0.1) is 5.92 Å². The Hall–Kier alpha value is -3.92. The number of fused-ring (bicyclic) bond motifs is 1. The van der Waals surface area contributed by atoms with Crippen LogP contribution >= 0.6 is 0 Å². The first-order valence-corrected chi connectivity index (χ1v) is 14.8. The standard InChI is InChI=1S/C26H37N11O5/c1-2-37-34-23(33-35-37)20-19(40-14-38)21(41-15-39)25(42-20)36-13-29-18-22(28-11-8-16-6-4-3-5-7-16)31-26(32-24(18)36)30-17-9-10-27-12-17/h13-17,19-21,25,27H,2-12H2,1H3,(H2,28,30,31,32)/t17-,19+,20-,21+,25+/m0/s1. The fourth-order valence-corrected chi connectivity index (χ4v) is 6.12. The molecule has 3 aliphatic rings. The lowest BCUT2D eigenvalue weighted by molar-refractivity contribution is -0.151. The third-order valence-corrected chi connectivity index (χ3v) is 8.28. The van der Waals surface area contributed by atoms with Gasteiger partial charge in [0.2, 0.25) is 11.8 Å². The highest BCUT2D eigenvalue weighted by Crippen LogP contribution is 2.42. The van der Waals surface area contributed by atoms with E-state index >= 15 is 0 Å². The van der Waals surface area contributed by atoms with Gasteiger partial charge in [-0.15, -0.1) is 10.2 Å². The van der Waals surface area contributed by atoms with Crippen LogP contribution in [0.2, 0.25) is 0 Å². The van der Waals surface area contributed by atoms with Gasteiger partial charge in [-0.1, -0.05) is 32.1 Å². The van der Waals surface area contributed by atoms with Crippen molar-refractivity contribution in [2.45, 2.75) is 89.0 Å². The first-order chi connectivity index (χ1) is 20.7. The molecule has 16 heteroatoms. The van der Waals surface area contributed by atoms with Crippen LogP contribution in [0.3, 0.4) is 0 Å². The van der Waals surface area contributed by atoms with Crippen molar-refractivity contribution in [1.29, 1.82) is 0 Å². The summed E-state index contributed by atoms with van der Waals surface area (Å²) in [7, 11) is 0. The Kier molecular flexibility index (Phi) is 8.69. The van der Waals surface area contributed by atoms with Crippen LogP contribution in [0.25, 0.3) is 11.2 Å². The summed E-state index contributed by atoms with van der Waals surface area (Å²) >= 11 is 0. The number of aromatic nitrogens is 8. The quantitative estimate of drug-likeness (QED) is 0.245. The predicted octanol–water partition coefficient (Wildman–Crippen LogP) is 1.34. The Labute approximate surface area is 242 Å². The zero-order valence-corrected chi connectivity index (χ0v) is 23.6. The number of tetrazole rings is 1. The molecule has 5 atom stereocenters. The molecule has 0 bridgehead atoms. The number of ether oxygens (including phenoxy) is 3. The van der Waals surface area contributed by atoms with E-state index in [9.17, 15) is 9.59 Å². The molecular weight excluding hydrogens is 546 g/mol. The molecule has 3 fully saturated rings. The number of hydrogen-bond acceptors (Lipinski definition) is 14. The normalized spacial score (nSPS) is 26.4. The van der Waals surface area contributed by atoms with Crippen LogP contribution in [0.1, 0.15) is 70.0 Å². The van der Waals surface area contributed by atoms with Crippen molar-refractivity contribution >= 4 is 35.9 Å². The Bertz CT molecular complexity index is 1350. The molecule has 2 saturated heterocycles. The van der Waals surface area contributed by atoms with Gasteiger partial charge in [-0.25, -0.2) is 4.98 Å². The number of anilines is 2. The van der Waals surface area contributed by atoms with Crippen molar-refractivity contribution in [2.24, 2.45) is 5.92 Å². The molecule has 0 aromatic carbocycles. The summed E-state index contributed by atoms with van der Waals surface area (Å²) < 4.78 is 18.8. The fourth-order valence-electron chi connectivity index (χ4n) is 6.12. The Morgan fingerprint density at radius 2 is 1.95 bits per heavy atom. The van der Waals surface area contributed by atoms with Crippen LogP contribution in [-0.4, -0.2) is 90.6 Å². The van der Waals surface area contributed by atoms with E-state index in [-0.39, 0.29) is 18.3 Å². The van der Waals surface area contributed by atoms with E-state index in [4.69, 9.17) is 24.2 Å². The van der Waals surface area contributed by atoms with E-state index in [1.807, 2.05) is 6.92 Å². The lowest BCUT2D eigenvalue weighted by Gasteiger charge is -2.22. The molecule has 3 aromatic rings. The lowest BCUT2D eigenvalue weighted by Crippen LogP contribution is -2.34. The molecular formula is C26H37N11O5. The SMILES string of the molecule is CCn1nnc([C@H]2O[C@@H](n3cnc4c(NCCC5CCCCC5)nc(N[C@H]5CCNC5)nc43)[C@H](OC=O)[C@@H]2OC=O)n1. The number of nitrogens with zero attached hydrogens (tertiary/aromatic N) is 8. The van der Waals surface area contributed by atoms with Gasteiger partial charge in [-0.3, -0.25) is 14.2 Å². The van der Waals surface area contributed by atoms with Crippen molar-refractivity contribution in [2.75, 3.05) is 30.3 Å². The van der Waals surface area contributed by atoms with Gasteiger partial charge in [0.1, 0.15) is 0 Å². The summed E-state index contributed by atoms with van der Waals surface area (Å²) in [4.78, 5) is 38.7. The number of imidazole rings is 1. The molecule has 226 valence electrons. The maximum Gasteiger partial charge on any atom is 0.293 e. The van der Waals surface area contributed by atoms with Crippen molar-refractivity contribution in [3.63, 3.8) is 0 Å². The number of nitrogens with one attached hydrogen (secondary N) is 3. The Balaban J connectivity index is 1.33. The second-order valence-corrected chi connectivity index (χ2v) is 11.0. The summed E-state index contributed by atoms with van der Waals surface area (Å²) in [5.74, 6) is 1.97. The first kappa shape index (κ1) is 28.2. The fraction of sp³-hybridized carbons (Fsp3) is 0.692. The largest absolute Gasteiger partial charge is 0.457 e. The molecule has 5 heterocycles. The monoisotopic (exact) mass is 583 g/mol. The maximum absolute atomic E-state index is 11.6. The second-order valence-electron chi connectivity index (χ2n) is 11.0. The predicted molar refractivity (Wildman–Crippen MR) is 148 cm³/mol. The van der Waals surface area contributed by atoms with Gasteiger partial charge in [0.05, 0.1) is 12.9 Å². The van der Waals surface area contributed by atoms with Crippen molar-refractivity contribution < 1.29 is 23.8 Å². The molecule has 3 aromatic heterocycles. The molecule has 16 nitrogen and oxygen atoms in total. The smallest absolute Gasteiger partial charge is 0.293 e. The minimum atomic E-state index is -1.03. The van der Waals surface area contributed by atoms with Crippen LogP contribution in [0.4, 0.5) is 11.8 Å². The molecule has 1 saturated carbocycles. The third kappa shape index (κ3) is 5.86. The summed E-state index contributed by atoms with van der Waals surface area (Å²) in [6.07, 6.45) is 6.06. The van der Waals surface area contributed by atoms with E-state index in [0.717, 1.165) is 32.5 Å². The molecule has 42 heavy (non-hydrogen) atoms. The molecule has 0 radical (unpaired) electrons. The van der Waals surface area contributed by atoms with E-state index in [0.29, 0.717) is 41.9 Å². The molecule has 0 amide bonds. The van der Waals surface area contributed by atoms with Gasteiger partial charge < -0.3 is 30.2 Å². The summed E-state index contributed by atoms with van der Waals surface area (Å²) in [6.45, 7) is 5.43. The number of carbonyl (C=O) groups excluding carboxylic acids is 2. The maximum atomic E-state index is 11.6. The number of aryl methyl sites for hydroxylation is 1. The number of hydrogen-bond donors (Lipinski definition) is 3. The van der Waals surface area contributed by atoms with Crippen LogP contribution in [-0.2, 0) is 30.3 Å². The molecule has 3 N–H and O–H groups in total. The summed E-state index contributed by atoms with van der Waals surface area (Å²) in [6, 6.07) is 0.185. The first-order valence-electron chi connectivity index (χ1n) is 14.8. The Morgan fingerprint density at radius 3 is 2.69 bits per heavy atom. The zero-order valence-electron chi connectivity index (χ0n) is 23.6. The Morgan fingerprint density at radius 1 is 1.12 bits per heavy atom. The van der Waals surface area contributed by atoms with E-state index in [1.165, 1.54) is 36.9 Å². The molecule has 0 spiro atoms. The van der Waals surface area contributed by atoms with Gasteiger partial charge in [-0.05, 0) is 37.4 Å². The number of carbonyl (C=O) groups is 2. The van der Waals surface area contributed by atoms with Gasteiger partial charge in [-0.2, -0.15) is 14.8 Å². The van der Waals surface area contributed by atoms with Crippen LogP contribution < -0.4 is 16.0 Å². The van der Waals surface area contributed by atoms with Gasteiger partial charge in [0.15, 0.2) is 41.5 Å². The van der Waals surface area contributed by atoms with E-state index in [2.05, 4.69) is 36.3 Å². The van der Waals surface area contributed by atoms with E-state index < -0.39 is 24.5 Å². The van der Waals surface area contributed by atoms with Gasteiger partial charge >= 0.3 is 0 Å².